The molecule has 0 unspecified atom stereocenters. The van der Waals surface area contributed by atoms with E-state index in [0.29, 0.717) is 0 Å². The van der Waals surface area contributed by atoms with Gasteiger partial charge in [0.25, 0.3) is 0 Å². The zero-order valence-corrected chi connectivity index (χ0v) is 53.2. The zero-order chi connectivity index (χ0) is 61.1. The molecule has 0 spiro atoms. The fourth-order valence-electron chi connectivity index (χ4n) is 15.4. The van der Waals surface area contributed by atoms with E-state index in [2.05, 4.69) is 343 Å². The van der Waals surface area contributed by atoms with E-state index in [4.69, 9.17) is 0 Å². The van der Waals surface area contributed by atoms with E-state index in [1.807, 2.05) is 11.3 Å². The number of benzene rings is 12. The topological polar surface area (TPSA) is 18.5 Å². The van der Waals surface area contributed by atoms with Crippen LogP contribution in [-0.2, 0) is 21.7 Å². The number of hydrogen-bond donors (Lipinski definition) is 1. The van der Waals surface area contributed by atoms with E-state index >= 15 is 0 Å². The van der Waals surface area contributed by atoms with E-state index in [9.17, 15) is 0 Å². The average molecular weight is 1180 g/mol. The van der Waals surface area contributed by atoms with Gasteiger partial charge in [-0.05, 0) is 168 Å². The quantitative estimate of drug-likeness (QED) is 0.109. The molecule has 0 fully saturated rings. The van der Waals surface area contributed by atoms with Gasteiger partial charge in [-0.25, -0.2) is 0 Å². The number of nitrogens with one attached hydrogen (secondary N) is 1. The molecule has 0 radical (unpaired) electrons. The van der Waals surface area contributed by atoms with Crippen LogP contribution in [0.1, 0.15) is 100 Å². The van der Waals surface area contributed by atoms with E-state index in [-0.39, 0.29) is 23.1 Å². The van der Waals surface area contributed by atoms with Gasteiger partial charge in [0.2, 0.25) is 0 Å². The van der Waals surface area contributed by atoms with Crippen molar-refractivity contribution in [2.45, 2.75) is 83.0 Å². The molecule has 1 aromatic heterocycles. The molecule has 12 aromatic carbocycles. The lowest BCUT2D eigenvalue weighted by Gasteiger charge is -2.46. The van der Waals surface area contributed by atoms with Gasteiger partial charge in [0, 0.05) is 71.1 Å². The van der Waals surface area contributed by atoms with Crippen LogP contribution < -0.4 is 26.0 Å². The first-order valence-corrected chi connectivity index (χ1v) is 32.9. The summed E-state index contributed by atoms with van der Waals surface area (Å²) in [7, 11) is 0. The Balaban J connectivity index is 0.978. The molecule has 0 amide bonds. The second kappa shape index (κ2) is 21.3. The van der Waals surface area contributed by atoms with E-state index in [0.717, 1.165) is 52.7 Å². The SMILES string of the molecule is CC(C)(C)c1ccc(N(c2ccc(-c3ccccc3)cc2)c2ccc3c(c2)-c2c4c(cc5c2sc2ccccc25)Nc2c(cccc2C(c2ccccc2)(c2ccccc2)c2ccc5c(c2)C(C)(C)CCC5(C)C)B4N3c2ccc(-c3ccccc3)cc2)cc1. The first kappa shape index (κ1) is 55.6. The number of anilines is 7. The average Bonchev–Trinajstić information content (AvgIpc) is 0.718. The van der Waals surface area contributed by atoms with Gasteiger partial charge < -0.3 is 15.0 Å². The van der Waals surface area contributed by atoms with Gasteiger partial charge in [-0.15, -0.1) is 11.3 Å². The van der Waals surface area contributed by atoms with Crippen LogP contribution in [0.5, 0.6) is 0 Å². The molecule has 5 heteroatoms. The predicted octanol–water partition coefficient (Wildman–Crippen LogP) is 21.9. The second-order valence-electron chi connectivity index (χ2n) is 27.5. The van der Waals surface area contributed by atoms with Crippen LogP contribution in [0, 0.1) is 0 Å². The van der Waals surface area contributed by atoms with Crippen LogP contribution in [-0.4, -0.2) is 6.85 Å². The van der Waals surface area contributed by atoms with Crippen LogP contribution >= 0.6 is 11.3 Å². The standard InChI is InChI=1S/C85H72BN3S/c1-82(2,3)60-39-46-65(47-40-60)88(64-42-35-58(36-43-64)56-23-12-8-13-24-56)67-48-50-76-70(54-67)78-79-75(55-69-68-31-20-21-34-77(68)90-81(69)78)87-80-72(32-22-33-74(80)86(79)89(76)66-44-37-59(38-45-66)57-25-14-9-15-26-57)85(61-27-16-10-17-28-61,62-29-18-11-19-30-62)63-41-49-71-73(53-63)84(6,7)52-51-83(71,4)5/h8-50,53-55,87H,51-52H2,1-7H3. The third-order valence-corrected chi connectivity index (χ3v) is 21.4. The Labute approximate surface area is 535 Å². The van der Waals surface area contributed by atoms with Gasteiger partial charge in [-0.1, -0.05) is 261 Å². The highest BCUT2D eigenvalue weighted by Gasteiger charge is 2.49. The highest BCUT2D eigenvalue weighted by molar-refractivity contribution is 7.26. The molecule has 0 atom stereocenters. The minimum absolute atomic E-state index is 0.00150. The van der Waals surface area contributed by atoms with Crippen molar-refractivity contribution < 1.29 is 0 Å². The van der Waals surface area contributed by atoms with Gasteiger partial charge >= 0.3 is 6.85 Å². The van der Waals surface area contributed by atoms with Gasteiger partial charge in [0.15, 0.2) is 0 Å². The highest BCUT2D eigenvalue weighted by atomic mass is 32.1. The maximum Gasteiger partial charge on any atom is 0.333 e. The molecular formula is C85H72BN3S. The van der Waals surface area contributed by atoms with Crippen molar-refractivity contribution in [2.24, 2.45) is 0 Å². The maximum atomic E-state index is 4.43. The summed E-state index contributed by atoms with van der Waals surface area (Å²) in [6, 6.07) is 106. The Morgan fingerprint density at radius 2 is 0.989 bits per heavy atom. The van der Waals surface area contributed by atoms with Crippen molar-refractivity contribution in [3.05, 3.63) is 318 Å². The lowest BCUT2D eigenvalue weighted by atomic mass is 9.43. The van der Waals surface area contributed by atoms with Gasteiger partial charge in [0.1, 0.15) is 0 Å². The van der Waals surface area contributed by atoms with Crippen molar-refractivity contribution in [1.29, 1.82) is 0 Å². The third kappa shape index (κ3) is 8.98. The van der Waals surface area contributed by atoms with Crippen LogP contribution in [0.25, 0.3) is 53.6 Å². The maximum absolute atomic E-state index is 4.43. The largest absolute Gasteiger partial charge is 0.376 e. The van der Waals surface area contributed by atoms with Crippen LogP contribution in [0.2, 0.25) is 0 Å². The third-order valence-electron chi connectivity index (χ3n) is 20.2. The minimum atomic E-state index is -0.745. The molecule has 2 aliphatic heterocycles. The summed E-state index contributed by atoms with van der Waals surface area (Å²) in [5.74, 6) is 0. The Bertz CT molecular complexity index is 4830. The normalized spacial score (nSPS) is 14.5. The first-order chi connectivity index (χ1) is 43.7. The fraction of sp³-hybridized carbons (Fsp3) is 0.153. The minimum Gasteiger partial charge on any atom is -0.376 e. The second-order valence-corrected chi connectivity index (χ2v) is 28.6. The van der Waals surface area contributed by atoms with E-state index < -0.39 is 5.41 Å². The molecule has 13 aromatic rings. The van der Waals surface area contributed by atoms with E-state index in [1.165, 1.54) is 103 Å². The molecule has 3 nitrogen and oxygen atoms in total. The summed E-state index contributed by atoms with van der Waals surface area (Å²) in [5, 5.41) is 6.96. The summed E-state index contributed by atoms with van der Waals surface area (Å²) >= 11 is 1.92. The summed E-state index contributed by atoms with van der Waals surface area (Å²) in [6.45, 7) is 16.4. The van der Waals surface area contributed by atoms with Crippen LogP contribution in [0.15, 0.2) is 279 Å². The molecule has 0 saturated carbocycles. The number of rotatable bonds is 10. The van der Waals surface area contributed by atoms with Crippen molar-refractivity contribution in [1.82, 2.24) is 0 Å². The van der Waals surface area contributed by atoms with Crippen molar-refractivity contribution in [3.8, 4) is 33.4 Å². The molecule has 3 heterocycles. The fourth-order valence-corrected chi connectivity index (χ4v) is 16.7. The number of thiophene rings is 1. The summed E-state index contributed by atoms with van der Waals surface area (Å²) < 4.78 is 2.58. The summed E-state index contributed by atoms with van der Waals surface area (Å²) in [5.41, 5.74) is 26.1. The van der Waals surface area contributed by atoms with Gasteiger partial charge in [-0.3, -0.25) is 0 Å². The molecule has 1 aliphatic carbocycles. The molecule has 16 rings (SSSR count). The molecule has 3 aliphatic rings. The van der Waals surface area contributed by atoms with Crippen LogP contribution in [0.4, 0.5) is 39.8 Å². The highest BCUT2D eigenvalue weighted by Crippen LogP contribution is 2.56. The lowest BCUT2D eigenvalue weighted by molar-refractivity contribution is 0.331. The lowest BCUT2D eigenvalue weighted by Crippen LogP contribution is -2.61. The monoisotopic (exact) mass is 1180 g/mol. The Kier molecular flexibility index (Phi) is 13.1. The first-order valence-electron chi connectivity index (χ1n) is 32.1. The smallest absolute Gasteiger partial charge is 0.333 e. The van der Waals surface area contributed by atoms with Crippen molar-refractivity contribution >= 4 is 89.1 Å². The molecule has 1 N–H and O–H groups in total. The van der Waals surface area contributed by atoms with Crippen molar-refractivity contribution in [3.63, 3.8) is 0 Å². The van der Waals surface area contributed by atoms with Crippen molar-refractivity contribution in [2.75, 3.05) is 15.0 Å². The number of fused-ring (bicyclic) bond motifs is 9. The Morgan fingerprint density at radius 3 is 1.61 bits per heavy atom. The summed E-state index contributed by atoms with van der Waals surface area (Å²) in [6.07, 6.45) is 2.29. The Morgan fingerprint density at radius 1 is 0.456 bits per heavy atom. The molecular weight excluding hydrogens is 1110 g/mol. The van der Waals surface area contributed by atoms with Gasteiger partial charge in [0.05, 0.1) is 5.41 Å². The molecule has 0 bridgehead atoms. The zero-order valence-electron chi connectivity index (χ0n) is 52.4. The molecule has 436 valence electrons. The number of nitrogens with zero attached hydrogens (tertiary/aromatic N) is 2. The summed E-state index contributed by atoms with van der Waals surface area (Å²) in [4.78, 5) is 5.13. The van der Waals surface area contributed by atoms with Crippen LogP contribution in [0.3, 0.4) is 0 Å². The number of hydrogen-bond acceptors (Lipinski definition) is 4. The van der Waals surface area contributed by atoms with Gasteiger partial charge in [-0.2, -0.15) is 0 Å². The Hall–Kier alpha value is -9.68. The predicted molar refractivity (Wildman–Crippen MR) is 386 cm³/mol. The van der Waals surface area contributed by atoms with E-state index in [1.54, 1.807) is 0 Å². The number of para-hydroxylation sites is 1. The molecule has 90 heavy (non-hydrogen) atoms. The molecule has 0 saturated heterocycles.